The van der Waals surface area contributed by atoms with Gasteiger partial charge >= 0.3 is 17.9 Å². The number of cyclic esters (lactones) is 1. The fourth-order valence-electron chi connectivity index (χ4n) is 3.92. The van der Waals surface area contributed by atoms with Gasteiger partial charge in [-0.05, 0) is 32.3 Å². The van der Waals surface area contributed by atoms with Crippen LogP contribution in [0, 0.1) is 6.92 Å². The van der Waals surface area contributed by atoms with Crippen LogP contribution < -0.4 is 9.63 Å². The Morgan fingerprint density at radius 2 is 1.85 bits per heavy atom. The molecule has 0 aliphatic carbocycles. The second-order valence-electron chi connectivity index (χ2n) is 10.7. The summed E-state index contributed by atoms with van der Waals surface area (Å²) < 4.78 is 43.0. The van der Waals surface area contributed by atoms with Crippen molar-refractivity contribution in [2.45, 2.75) is 52.7 Å². The number of aromatic hydroxyl groups is 1. The second-order valence-corrected chi connectivity index (χ2v) is 12.1. The molecule has 0 fully saturated rings. The van der Waals surface area contributed by atoms with Crippen LogP contribution in [0.2, 0.25) is 0 Å². The number of quaternary nitrogens is 1. The zero-order chi connectivity index (χ0) is 31.0. The molecule has 1 aliphatic heterocycles. The molecule has 0 saturated heterocycles. The molecule has 1 unspecified atom stereocenters. The summed E-state index contributed by atoms with van der Waals surface area (Å²) in [4.78, 5) is 47.9. The third-order valence-corrected chi connectivity index (χ3v) is 7.19. The maximum absolute atomic E-state index is 12.5. The van der Waals surface area contributed by atoms with Gasteiger partial charge in [0.2, 0.25) is 0 Å². The van der Waals surface area contributed by atoms with Crippen LogP contribution in [0.15, 0.2) is 11.6 Å². The SMILES string of the molecule is COc1c(C)c2c(c(O)c1C/C=C(\C)CCC(=O)O[C@H](COC(C)=O)COP(=O)([O-])OCC[N+](C)(C)C)C(=O)OC2. The molecule has 0 aromatic heterocycles. The maximum atomic E-state index is 12.5. The molecular weight excluding hydrogens is 561 g/mol. The molecule has 0 radical (unpaired) electrons. The number of carbonyl (C=O) groups excluding carboxylic acids is 3. The van der Waals surface area contributed by atoms with E-state index in [9.17, 15) is 28.9 Å². The van der Waals surface area contributed by atoms with Crippen molar-refractivity contribution in [1.29, 1.82) is 0 Å². The average molecular weight is 602 g/mol. The third kappa shape index (κ3) is 10.8. The van der Waals surface area contributed by atoms with Gasteiger partial charge in [-0.25, -0.2) is 4.79 Å². The number of benzene rings is 1. The lowest BCUT2D eigenvalue weighted by atomic mass is 9.94. The van der Waals surface area contributed by atoms with Gasteiger partial charge in [0.05, 0.1) is 34.9 Å². The van der Waals surface area contributed by atoms with Crippen molar-refractivity contribution in [3.8, 4) is 11.5 Å². The molecule has 0 spiro atoms. The number of nitrogens with zero attached hydrogens (tertiary/aromatic N) is 1. The summed E-state index contributed by atoms with van der Waals surface area (Å²) in [5.74, 6) is -1.64. The van der Waals surface area contributed by atoms with E-state index in [1.54, 1.807) is 19.9 Å². The van der Waals surface area contributed by atoms with Crippen molar-refractivity contribution in [3.63, 3.8) is 0 Å². The zero-order valence-electron chi connectivity index (χ0n) is 24.6. The van der Waals surface area contributed by atoms with Gasteiger partial charge in [0.25, 0.3) is 7.82 Å². The number of phosphoric acid groups is 1. The van der Waals surface area contributed by atoms with E-state index in [-0.39, 0.29) is 43.8 Å². The largest absolute Gasteiger partial charge is 0.756 e. The molecule has 1 heterocycles. The first-order chi connectivity index (χ1) is 19.0. The van der Waals surface area contributed by atoms with E-state index in [1.165, 1.54) is 14.0 Å². The average Bonchev–Trinajstić information content (AvgIpc) is 3.26. The molecule has 0 bridgehead atoms. The number of phenolic OH excluding ortho intramolecular Hbond substituents is 1. The number of methoxy groups -OCH3 is 1. The number of esters is 3. The maximum Gasteiger partial charge on any atom is 0.342 e. The molecule has 1 aromatic carbocycles. The number of phenols is 1. The van der Waals surface area contributed by atoms with Gasteiger partial charge in [0.1, 0.15) is 43.4 Å². The van der Waals surface area contributed by atoms with E-state index in [2.05, 4.69) is 0 Å². The minimum absolute atomic E-state index is 0.0629. The second kappa shape index (κ2) is 14.8. The van der Waals surface area contributed by atoms with Gasteiger partial charge in [-0.15, -0.1) is 0 Å². The first-order valence-corrected chi connectivity index (χ1v) is 14.5. The Balaban J connectivity index is 1.98. The first kappa shape index (κ1) is 34.2. The molecule has 13 nitrogen and oxygen atoms in total. The van der Waals surface area contributed by atoms with Crippen molar-refractivity contribution in [2.24, 2.45) is 0 Å². The van der Waals surface area contributed by atoms with Crippen LogP contribution in [0.25, 0.3) is 0 Å². The molecule has 0 saturated carbocycles. The summed E-state index contributed by atoms with van der Waals surface area (Å²) in [5, 5.41) is 10.7. The number of fused-ring (bicyclic) bond motifs is 1. The Morgan fingerprint density at radius 3 is 2.46 bits per heavy atom. The number of hydrogen-bond donors (Lipinski definition) is 1. The van der Waals surface area contributed by atoms with E-state index in [0.29, 0.717) is 33.5 Å². The molecular formula is C27H40NO12P. The molecule has 0 amide bonds. The van der Waals surface area contributed by atoms with Gasteiger partial charge in [-0.3, -0.25) is 14.2 Å². The van der Waals surface area contributed by atoms with Crippen LogP contribution in [0.5, 0.6) is 11.5 Å². The molecule has 14 heteroatoms. The van der Waals surface area contributed by atoms with Gasteiger partial charge in [0.15, 0.2) is 6.10 Å². The van der Waals surface area contributed by atoms with E-state index >= 15 is 0 Å². The van der Waals surface area contributed by atoms with Crippen LogP contribution in [-0.2, 0) is 50.4 Å². The predicted molar refractivity (Wildman–Crippen MR) is 144 cm³/mol. The van der Waals surface area contributed by atoms with Gasteiger partial charge in [0, 0.05) is 24.5 Å². The van der Waals surface area contributed by atoms with E-state index in [1.807, 2.05) is 21.1 Å². The van der Waals surface area contributed by atoms with E-state index in [0.717, 1.165) is 5.57 Å². The summed E-state index contributed by atoms with van der Waals surface area (Å²) >= 11 is 0. The smallest absolute Gasteiger partial charge is 0.342 e. The van der Waals surface area contributed by atoms with Crippen LogP contribution in [0.4, 0.5) is 0 Å². The topological polar surface area (TPSA) is 167 Å². The number of carbonyl (C=O) groups is 3. The number of phosphoric ester groups is 1. The molecule has 1 aromatic rings. The summed E-state index contributed by atoms with van der Waals surface area (Å²) in [5.41, 5.74) is 2.64. The summed E-state index contributed by atoms with van der Waals surface area (Å²) in [6, 6.07) is 0. The number of allylic oxidation sites excluding steroid dienone is 2. The minimum atomic E-state index is -4.68. The van der Waals surface area contributed by atoms with Crippen molar-refractivity contribution in [2.75, 3.05) is 54.6 Å². The highest BCUT2D eigenvalue weighted by molar-refractivity contribution is 7.45. The van der Waals surface area contributed by atoms with Crippen LogP contribution >= 0.6 is 7.82 Å². The Hall–Kier alpha value is -2.96. The lowest BCUT2D eigenvalue weighted by molar-refractivity contribution is -0.870. The highest BCUT2D eigenvalue weighted by atomic mass is 31.2. The van der Waals surface area contributed by atoms with Gasteiger partial charge in [-0.2, -0.15) is 0 Å². The van der Waals surface area contributed by atoms with Crippen LogP contribution in [0.1, 0.15) is 53.7 Å². The summed E-state index contributed by atoms with van der Waals surface area (Å²) in [6.07, 6.45) is 1.07. The number of likely N-dealkylation sites (N-methyl/N-ethyl adjacent to an activating group) is 1. The fourth-order valence-corrected chi connectivity index (χ4v) is 4.64. The zero-order valence-corrected chi connectivity index (χ0v) is 25.5. The van der Waals surface area contributed by atoms with Crippen LogP contribution in [-0.4, -0.2) is 88.2 Å². The normalized spacial score (nSPS) is 15.5. The molecule has 2 atom stereocenters. The number of ether oxygens (including phenoxy) is 4. The van der Waals surface area contributed by atoms with E-state index in [4.69, 9.17) is 28.0 Å². The summed E-state index contributed by atoms with van der Waals surface area (Å²) in [7, 11) is 2.41. The lowest BCUT2D eigenvalue weighted by Gasteiger charge is -2.28. The minimum Gasteiger partial charge on any atom is -0.756 e. The Kier molecular flexibility index (Phi) is 12.3. The first-order valence-electron chi connectivity index (χ1n) is 13.0. The molecule has 41 heavy (non-hydrogen) atoms. The number of rotatable bonds is 16. The number of hydrogen-bond acceptors (Lipinski definition) is 12. The molecule has 1 N–H and O–H groups in total. The van der Waals surface area contributed by atoms with Crippen molar-refractivity contribution in [1.82, 2.24) is 0 Å². The Bertz CT molecular complexity index is 1200. The van der Waals surface area contributed by atoms with Crippen LogP contribution in [0.3, 0.4) is 0 Å². The third-order valence-electron chi connectivity index (χ3n) is 6.23. The van der Waals surface area contributed by atoms with Gasteiger partial charge < -0.3 is 42.5 Å². The van der Waals surface area contributed by atoms with Crippen molar-refractivity contribution < 1.29 is 61.4 Å². The standard InChI is InChI=1S/C27H40NO12P/c1-17(8-10-21-25(31)24-22(16-37-27(24)32)18(2)26(21)35-7)9-11-23(30)40-20(14-36-19(3)29)15-39-41(33,34)38-13-12-28(4,5)6/h8,20H,9-16H2,1-7H3,(H-,31,32,33,34)/b17-8+/t20-/m1/s1. The predicted octanol–water partition coefficient (Wildman–Crippen LogP) is 2.33. The van der Waals surface area contributed by atoms with Crippen molar-refractivity contribution in [3.05, 3.63) is 33.9 Å². The Morgan fingerprint density at radius 1 is 1.17 bits per heavy atom. The lowest BCUT2D eigenvalue weighted by Crippen LogP contribution is -2.37. The Labute approximate surface area is 240 Å². The van der Waals surface area contributed by atoms with Gasteiger partial charge in [-0.1, -0.05) is 11.6 Å². The highest BCUT2D eigenvalue weighted by Crippen LogP contribution is 2.42. The quantitative estimate of drug-likeness (QED) is 0.0967. The molecule has 1 aliphatic rings. The molecule has 2 rings (SSSR count). The molecule has 230 valence electrons. The summed E-state index contributed by atoms with van der Waals surface area (Å²) in [6.45, 7) is 4.15. The highest BCUT2D eigenvalue weighted by Gasteiger charge is 2.32. The fraction of sp³-hybridized carbons (Fsp3) is 0.593. The van der Waals surface area contributed by atoms with Crippen molar-refractivity contribution >= 4 is 25.7 Å². The van der Waals surface area contributed by atoms with E-state index < -0.39 is 45.0 Å². The monoisotopic (exact) mass is 601 g/mol.